The average Bonchev–Trinajstić information content (AvgIpc) is 2.26. The highest BCUT2D eigenvalue weighted by Crippen LogP contribution is 2.20. The topological polar surface area (TPSA) is 78.2 Å². The normalized spacial score (nSPS) is 14.6. The molecule has 5 heteroatoms. The first-order valence-corrected chi connectivity index (χ1v) is 6.05. The summed E-state index contributed by atoms with van der Waals surface area (Å²) in [5.74, 6) is 0. The number of fused-ring (bicyclic) bond motifs is 1. The monoisotopic (exact) mass is 235 g/mol. The van der Waals surface area contributed by atoms with Crippen LogP contribution in [0.1, 0.15) is 10.4 Å². The first kappa shape index (κ1) is 10.8. The molecule has 0 aliphatic heterocycles. The van der Waals surface area contributed by atoms with Gasteiger partial charge in [-0.05, 0) is 16.8 Å². The van der Waals surface area contributed by atoms with Gasteiger partial charge in [0, 0.05) is 5.56 Å². The third-order valence-electron chi connectivity index (χ3n) is 2.26. The third kappa shape index (κ3) is 1.82. The molecule has 2 aromatic carbocycles. The van der Waals surface area contributed by atoms with Gasteiger partial charge in [-0.25, -0.2) is 8.99 Å². The molecular formula is C11H9NO3S. The summed E-state index contributed by atoms with van der Waals surface area (Å²) in [7, 11) is -4.19. The molecule has 4 nitrogen and oxygen atoms in total. The second kappa shape index (κ2) is 3.70. The molecular weight excluding hydrogens is 226 g/mol. The SMILES string of the molecule is N=S(=O)(O)C(=O)c1cccc2ccccc12. The Kier molecular flexibility index (Phi) is 2.49. The molecule has 0 aliphatic carbocycles. The number of carbonyl (C=O) groups excluding carboxylic acids is 1. The minimum atomic E-state index is -4.19. The maximum atomic E-state index is 11.6. The van der Waals surface area contributed by atoms with Crippen molar-refractivity contribution in [3.05, 3.63) is 48.0 Å². The molecule has 0 aliphatic rings. The van der Waals surface area contributed by atoms with Crippen molar-refractivity contribution in [2.75, 3.05) is 0 Å². The predicted molar refractivity (Wildman–Crippen MR) is 61.8 cm³/mol. The van der Waals surface area contributed by atoms with E-state index in [4.69, 9.17) is 9.33 Å². The van der Waals surface area contributed by atoms with Crippen molar-refractivity contribution in [2.45, 2.75) is 0 Å². The van der Waals surface area contributed by atoms with E-state index in [1.807, 2.05) is 6.07 Å². The Morgan fingerprint density at radius 1 is 1.12 bits per heavy atom. The Morgan fingerprint density at radius 3 is 2.44 bits per heavy atom. The van der Waals surface area contributed by atoms with Crippen molar-refractivity contribution in [3.63, 3.8) is 0 Å². The molecule has 0 saturated carbocycles. The summed E-state index contributed by atoms with van der Waals surface area (Å²) in [5, 5.41) is 0.338. The van der Waals surface area contributed by atoms with E-state index in [0.717, 1.165) is 5.39 Å². The molecule has 2 aromatic rings. The van der Waals surface area contributed by atoms with Gasteiger partial charge in [-0.2, -0.15) is 0 Å². The number of hydrogen-bond acceptors (Lipinski definition) is 3. The van der Waals surface area contributed by atoms with Gasteiger partial charge in [0.15, 0.2) is 0 Å². The molecule has 1 atom stereocenters. The second-order valence-electron chi connectivity index (χ2n) is 3.34. The molecule has 0 fully saturated rings. The van der Waals surface area contributed by atoms with Gasteiger partial charge in [0.1, 0.15) is 0 Å². The minimum absolute atomic E-state index is 0.112. The maximum absolute atomic E-state index is 11.6. The molecule has 0 amide bonds. The summed E-state index contributed by atoms with van der Waals surface area (Å²) in [6.45, 7) is 0. The van der Waals surface area contributed by atoms with Gasteiger partial charge in [-0.15, -0.1) is 0 Å². The lowest BCUT2D eigenvalue weighted by molar-refractivity contribution is 0.107. The number of carbonyl (C=O) groups is 1. The minimum Gasteiger partial charge on any atom is -0.294 e. The van der Waals surface area contributed by atoms with Crippen LogP contribution in [0.2, 0.25) is 0 Å². The summed E-state index contributed by atoms with van der Waals surface area (Å²) >= 11 is 0. The zero-order valence-electron chi connectivity index (χ0n) is 8.21. The van der Waals surface area contributed by atoms with E-state index in [9.17, 15) is 9.00 Å². The Morgan fingerprint density at radius 2 is 1.75 bits per heavy atom. The van der Waals surface area contributed by atoms with Crippen LogP contribution >= 0.6 is 0 Å². The van der Waals surface area contributed by atoms with Crippen LogP contribution in [0.3, 0.4) is 0 Å². The van der Waals surface area contributed by atoms with Gasteiger partial charge in [0.2, 0.25) is 10.0 Å². The highest BCUT2D eigenvalue weighted by Gasteiger charge is 2.18. The van der Waals surface area contributed by atoms with Crippen LogP contribution in [-0.4, -0.2) is 13.9 Å². The smallest absolute Gasteiger partial charge is 0.283 e. The Bertz CT molecular complexity index is 656. The molecule has 0 heterocycles. The molecule has 2 N–H and O–H groups in total. The second-order valence-corrected chi connectivity index (χ2v) is 4.76. The van der Waals surface area contributed by atoms with Crippen molar-refractivity contribution in [1.29, 1.82) is 4.78 Å². The predicted octanol–water partition coefficient (Wildman–Crippen LogP) is 2.50. The number of benzene rings is 2. The third-order valence-corrected chi connectivity index (χ3v) is 2.98. The fourth-order valence-electron chi connectivity index (χ4n) is 1.55. The van der Waals surface area contributed by atoms with Crippen molar-refractivity contribution in [1.82, 2.24) is 0 Å². The molecule has 0 bridgehead atoms. The number of nitrogens with one attached hydrogen (secondary N) is 1. The van der Waals surface area contributed by atoms with Gasteiger partial charge in [0.05, 0.1) is 0 Å². The van der Waals surface area contributed by atoms with E-state index in [0.29, 0.717) is 5.39 Å². The van der Waals surface area contributed by atoms with Crippen molar-refractivity contribution < 1.29 is 13.6 Å². The van der Waals surface area contributed by atoms with Crippen LogP contribution in [0.15, 0.2) is 42.5 Å². The molecule has 0 spiro atoms. The van der Waals surface area contributed by atoms with E-state index >= 15 is 0 Å². The van der Waals surface area contributed by atoms with Crippen molar-refractivity contribution >= 4 is 25.9 Å². The molecule has 2 rings (SSSR count). The lowest BCUT2D eigenvalue weighted by atomic mass is 10.1. The molecule has 0 radical (unpaired) electrons. The Labute approximate surface area is 92.7 Å². The molecule has 0 saturated heterocycles. The first-order valence-electron chi connectivity index (χ1n) is 4.53. The fraction of sp³-hybridized carbons (Fsp3) is 0. The molecule has 0 aromatic heterocycles. The quantitative estimate of drug-likeness (QED) is 0.797. The summed E-state index contributed by atoms with van der Waals surface area (Å²) in [4.78, 5) is 11.6. The summed E-state index contributed by atoms with van der Waals surface area (Å²) in [5.41, 5.74) is 0.112. The van der Waals surface area contributed by atoms with Crippen LogP contribution in [0.5, 0.6) is 0 Å². The van der Waals surface area contributed by atoms with E-state index in [2.05, 4.69) is 0 Å². The Balaban J connectivity index is 2.75. The van der Waals surface area contributed by atoms with Gasteiger partial charge in [-0.1, -0.05) is 36.4 Å². The number of hydrogen-bond donors (Lipinski definition) is 2. The highest BCUT2D eigenvalue weighted by atomic mass is 32.2. The first-order chi connectivity index (χ1) is 7.50. The maximum Gasteiger partial charge on any atom is 0.283 e. The lowest BCUT2D eigenvalue weighted by Crippen LogP contribution is -2.12. The van der Waals surface area contributed by atoms with Gasteiger partial charge in [0.25, 0.3) is 5.12 Å². The van der Waals surface area contributed by atoms with Crippen LogP contribution in [0, 0.1) is 4.78 Å². The number of rotatable bonds is 1. The summed E-state index contributed by atoms with van der Waals surface area (Å²) in [6, 6.07) is 11.9. The van der Waals surface area contributed by atoms with Crippen molar-refractivity contribution in [3.8, 4) is 0 Å². The van der Waals surface area contributed by atoms with Gasteiger partial charge in [-0.3, -0.25) is 9.35 Å². The Hall–Kier alpha value is -1.72. The van der Waals surface area contributed by atoms with Crippen LogP contribution in [0.25, 0.3) is 10.8 Å². The van der Waals surface area contributed by atoms with E-state index in [1.165, 1.54) is 6.07 Å². The van der Waals surface area contributed by atoms with Gasteiger partial charge < -0.3 is 0 Å². The van der Waals surface area contributed by atoms with Crippen LogP contribution in [-0.2, 0) is 10.0 Å². The summed E-state index contributed by atoms with van der Waals surface area (Å²) < 4.78 is 26.8. The van der Waals surface area contributed by atoms with E-state index in [1.54, 1.807) is 30.3 Å². The summed E-state index contributed by atoms with van der Waals surface area (Å²) in [6.07, 6.45) is 0. The lowest BCUT2D eigenvalue weighted by Gasteiger charge is -2.04. The fourth-order valence-corrected chi connectivity index (χ4v) is 2.03. The zero-order valence-corrected chi connectivity index (χ0v) is 9.03. The van der Waals surface area contributed by atoms with Gasteiger partial charge >= 0.3 is 0 Å². The van der Waals surface area contributed by atoms with E-state index in [-0.39, 0.29) is 5.56 Å². The van der Waals surface area contributed by atoms with Crippen molar-refractivity contribution in [2.24, 2.45) is 0 Å². The standard InChI is InChI=1S/C11H9NO3S/c12-16(14,15)11(13)10-7-3-5-8-4-1-2-6-9(8)10/h1-7H,(H2,12,14,15). The highest BCUT2D eigenvalue weighted by molar-refractivity contribution is 8.02. The van der Waals surface area contributed by atoms with Crippen LogP contribution < -0.4 is 0 Å². The largest absolute Gasteiger partial charge is 0.294 e. The van der Waals surface area contributed by atoms with E-state index < -0.39 is 15.1 Å². The zero-order chi connectivity index (χ0) is 11.8. The molecule has 1 unspecified atom stereocenters. The molecule has 16 heavy (non-hydrogen) atoms. The molecule has 82 valence electrons. The van der Waals surface area contributed by atoms with Crippen LogP contribution in [0.4, 0.5) is 0 Å². The average molecular weight is 235 g/mol.